The van der Waals surface area contributed by atoms with E-state index >= 15 is 0 Å². The average molecular weight is 213 g/mol. The summed E-state index contributed by atoms with van der Waals surface area (Å²) in [5, 5.41) is 11.8. The molecule has 0 bridgehead atoms. The first-order valence-corrected chi connectivity index (χ1v) is 5.91. The fraction of sp³-hybridized carbons (Fsp3) is 0.462. The molecule has 2 aliphatic rings. The van der Waals surface area contributed by atoms with Gasteiger partial charge in [-0.15, -0.1) is 5.10 Å². The Kier molecular flexibility index (Phi) is 2.31. The zero-order valence-electron chi connectivity index (χ0n) is 9.37. The van der Waals surface area contributed by atoms with E-state index in [4.69, 9.17) is 0 Å². The van der Waals surface area contributed by atoms with E-state index in [2.05, 4.69) is 46.6 Å². The molecular formula is C13H15N3. The molecule has 3 nitrogen and oxygen atoms in total. The molecule has 0 saturated carbocycles. The van der Waals surface area contributed by atoms with Crippen LogP contribution in [0.4, 0.5) is 0 Å². The highest BCUT2D eigenvalue weighted by Gasteiger charge is 2.36. The Morgan fingerprint density at radius 3 is 2.94 bits per heavy atom. The van der Waals surface area contributed by atoms with Crippen molar-refractivity contribution in [3.8, 4) is 0 Å². The highest BCUT2D eigenvalue weighted by atomic mass is 15.4. The van der Waals surface area contributed by atoms with Gasteiger partial charge in [-0.25, -0.2) is 0 Å². The molecule has 3 rings (SSSR count). The monoisotopic (exact) mass is 213 g/mol. The molecule has 0 spiro atoms. The number of nitrogens with zero attached hydrogens (tertiary/aromatic N) is 3. The molecule has 1 unspecified atom stereocenters. The van der Waals surface area contributed by atoms with Crippen LogP contribution in [0.3, 0.4) is 0 Å². The van der Waals surface area contributed by atoms with E-state index in [9.17, 15) is 0 Å². The van der Waals surface area contributed by atoms with Gasteiger partial charge in [-0.3, -0.25) is 0 Å². The fourth-order valence-corrected chi connectivity index (χ4v) is 3.00. The summed E-state index contributed by atoms with van der Waals surface area (Å²) in [6.45, 7) is 2.25. The second kappa shape index (κ2) is 3.81. The summed E-state index contributed by atoms with van der Waals surface area (Å²) >= 11 is 0. The second-order valence-corrected chi connectivity index (χ2v) is 4.54. The van der Waals surface area contributed by atoms with Crippen LogP contribution in [0.15, 0.2) is 39.7 Å². The van der Waals surface area contributed by atoms with Crippen molar-refractivity contribution in [2.45, 2.75) is 31.7 Å². The molecule has 0 fully saturated rings. The quantitative estimate of drug-likeness (QED) is 0.723. The molecule has 0 radical (unpaired) electrons. The summed E-state index contributed by atoms with van der Waals surface area (Å²) in [5.74, 6) is 1.17. The Morgan fingerprint density at radius 1 is 1.31 bits per heavy atom. The van der Waals surface area contributed by atoms with E-state index in [-0.39, 0.29) is 6.04 Å². The van der Waals surface area contributed by atoms with Crippen molar-refractivity contribution in [3.63, 3.8) is 0 Å². The first-order chi connectivity index (χ1) is 7.90. The first kappa shape index (κ1) is 9.70. The minimum Gasteiger partial charge on any atom is -0.159 e. The van der Waals surface area contributed by atoms with Crippen LogP contribution in [-0.2, 0) is 6.42 Å². The lowest BCUT2D eigenvalue weighted by atomic mass is 9.85. The lowest BCUT2D eigenvalue weighted by molar-refractivity contribution is 0.422. The van der Waals surface area contributed by atoms with Crippen LogP contribution in [0, 0.1) is 5.92 Å². The summed E-state index contributed by atoms with van der Waals surface area (Å²) in [4.78, 5) is 0. The summed E-state index contributed by atoms with van der Waals surface area (Å²) in [6.07, 6.45) is 4.17. The number of benzene rings is 1. The minimum atomic E-state index is 0.192. The van der Waals surface area contributed by atoms with Crippen molar-refractivity contribution in [1.82, 2.24) is 0 Å². The van der Waals surface area contributed by atoms with Gasteiger partial charge in [0.05, 0.1) is 6.21 Å². The third kappa shape index (κ3) is 1.39. The molecule has 1 aromatic rings. The number of hydrogen-bond donors (Lipinski definition) is 0. The Morgan fingerprint density at radius 2 is 2.19 bits per heavy atom. The first-order valence-electron chi connectivity index (χ1n) is 5.91. The molecule has 0 N–H and O–H groups in total. The van der Waals surface area contributed by atoms with E-state index in [0.29, 0.717) is 11.8 Å². The van der Waals surface area contributed by atoms with Gasteiger partial charge in [0.1, 0.15) is 6.04 Å². The van der Waals surface area contributed by atoms with Crippen LogP contribution < -0.4 is 0 Å². The summed E-state index contributed by atoms with van der Waals surface area (Å²) in [7, 11) is 0. The topological polar surface area (TPSA) is 37.1 Å². The normalized spacial score (nSPS) is 30.9. The van der Waals surface area contributed by atoms with Gasteiger partial charge in [-0.2, -0.15) is 5.11 Å². The van der Waals surface area contributed by atoms with Crippen LogP contribution in [-0.4, -0.2) is 12.3 Å². The van der Waals surface area contributed by atoms with E-state index in [1.807, 2.05) is 6.21 Å². The van der Waals surface area contributed by atoms with Crippen LogP contribution in [0.25, 0.3) is 0 Å². The fourth-order valence-electron chi connectivity index (χ4n) is 3.00. The predicted octanol–water partition coefficient (Wildman–Crippen LogP) is 3.17. The zero-order valence-corrected chi connectivity index (χ0v) is 9.37. The lowest BCUT2D eigenvalue weighted by Crippen LogP contribution is -2.22. The van der Waals surface area contributed by atoms with E-state index in [0.717, 1.165) is 6.42 Å². The standard InChI is InChI=1S/C13H15N3/c1-2-10-11-6-4-3-5-9(11)7-12(10)13-8-14-16-15-13/h3-6,8,10,12-13H,2,7H2,1H3/t10-,12-,13?/m0/s1. The van der Waals surface area contributed by atoms with Crippen LogP contribution in [0.1, 0.15) is 30.4 Å². The number of hydrogen-bond acceptors (Lipinski definition) is 3. The maximum Gasteiger partial charge on any atom is 0.114 e. The summed E-state index contributed by atoms with van der Waals surface area (Å²) in [6, 6.07) is 8.94. The Labute approximate surface area is 95.3 Å². The molecule has 16 heavy (non-hydrogen) atoms. The SMILES string of the molecule is CC[C@H]1c2ccccc2C[C@@H]1C1C=NN=N1. The van der Waals surface area contributed by atoms with E-state index in [1.54, 1.807) is 0 Å². The largest absolute Gasteiger partial charge is 0.159 e. The Hall–Kier alpha value is -1.51. The van der Waals surface area contributed by atoms with Gasteiger partial charge in [-0.1, -0.05) is 31.2 Å². The van der Waals surface area contributed by atoms with E-state index in [1.165, 1.54) is 17.5 Å². The molecule has 3 atom stereocenters. The summed E-state index contributed by atoms with van der Waals surface area (Å²) < 4.78 is 0. The van der Waals surface area contributed by atoms with Crippen LogP contribution in [0.5, 0.6) is 0 Å². The van der Waals surface area contributed by atoms with Gasteiger partial charge >= 0.3 is 0 Å². The van der Waals surface area contributed by atoms with Crippen molar-refractivity contribution in [3.05, 3.63) is 35.4 Å². The molecule has 1 aromatic carbocycles. The van der Waals surface area contributed by atoms with Gasteiger partial charge in [0.15, 0.2) is 0 Å². The molecule has 0 saturated heterocycles. The highest BCUT2D eigenvalue weighted by Crippen LogP contribution is 2.42. The molecule has 1 heterocycles. The van der Waals surface area contributed by atoms with Crippen molar-refractivity contribution >= 4 is 6.21 Å². The lowest BCUT2D eigenvalue weighted by Gasteiger charge is -2.20. The van der Waals surface area contributed by atoms with Gasteiger partial charge in [0, 0.05) is 0 Å². The zero-order chi connectivity index (χ0) is 11.0. The van der Waals surface area contributed by atoms with Gasteiger partial charge < -0.3 is 0 Å². The Bertz CT molecular complexity index is 438. The maximum absolute atomic E-state index is 4.20. The molecule has 1 aliphatic carbocycles. The molecule has 3 heteroatoms. The van der Waals surface area contributed by atoms with E-state index < -0.39 is 0 Å². The van der Waals surface area contributed by atoms with Crippen molar-refractivity contribution < 1.29 is 0 Å². The van der Waals surface area contributed by atoms with Crippen molar-refractivity contribution in [2.75, 3.05) is 0 Å². The predicted molar refractivity (Wildman–Crippen MR) is 63.8 cm³/mol. The second-order valence-electron chi connectivity index (χ2n) is 4.54. The third-order valence-corrected chi connectivity index (χ3v) is 3.76. The molecule has 1 aliphatic heterocycles. The molecular weight excluding hydrogens is 198 g/mol. The average Bonchev–Trinajstić information content (AvgIpc) is 2.95. The highest BCUT2D eigenvalue weighted by molar-refractivity contribution is 5.66. The minimum absolute atomic E-state index is 0.192. The summed E-state index contributed by atoms with van der Waals surface area (Å²) in [5.41, 5.74) is 2.99. The molecule has 82 valence electrons. The van der Waals surface area contributed by atoms with Crippen molar-refractivity contribution in [1.29, 1.82) is 0 Å². The maximum atomic E-state index is 4.20. The Balaban J connectivity index is 1.94. The van der Waals surface area contributed by atoms with Gasteiger partial charge in [0.2, 0.25) is 0 Å². The van der Waals surface area contributed by atoms with Gasteiger partial charge in [0.25, 0.3) is 0 Å². The van der Waals surface area contributed by atoms with Crippen LogP contribution >= 0.6 is 0 Å². The van der Waals surface area contributed by atoms with Crippen LogP contribution in [0.2, 0.25) is 0 Å². The van der Waals surface area contributed by atoms with Crippen molar-refractivity contribution in [2.24, 2.45) is 21.4 Å². The molecule has 0 amide bonds. The third-order valence-electron chi connectivity index (χ3n) is 3.76. The number of rotatable bonds is 2. The molecule has 0 aromatic heterocycles. The smallest absolute Gasteiger partial charge is 0.114 e. The van der Waals surface area contributed by atoms with Gasteiger partial charge in [-0.05, 0) is 41.0 Å². The number of fused-ring (bicyclic) bond motifs is 1.